The van der Waals surface area contributed by atoms with Crippen LogP contribution in [-0.2, 0) is 11.2 Å². The highest BCUT2D eigenvalue weighted by atomic mass is 16.5. The van der Waals surface area contributed by atoms with Crippen molar-refractivity contribution in [1.82, 2.24) is 5.32 Å². The van der Waals surface area contributed by atoms with E-state index >= 15 is 0 Å². The van der Waals surface area contributed by atoms with Crippen molar-refractivity contribution in [2.75, 3.05) is 33.7 Å². The van der Waals surface area contributed by atoms with Gasteiger partial charge < -0.3 is 24.8 Å². The fourth-order valence-electron chi connectivity index (χ4n) is 2.56. The Labute approximate surface area is 152 Å². The van der Waals surface area contributed by atoms with Crippen LogP contribution in [0.3, 0.4) is 0 Å². The molecule has 0 aliphatic rings. The maximum atomic E-state index is 12.4. The average molecular weight is 358 g/mol. The lowest BCUT2D eigenvalue weighted by Gasteiger charge is -2.15. The summed E-state index contributed by atoms with van der Waals surface area (Å²) in [6.45, 7) is 0. The number of hydrogen-bond acceptors (Lipinski definition) is 5. The Morgan fingerprint density at radius 2 is 1.69 bits per heavy atom. The van der Waals surface area contributed by atoms with Gasteiger partial charge in [-0.1, -0.05) is 12.1 Å². The minimum atomic E-state index is -0.246. The molecule has 0 unspecified atom stereocenters. The third kappa shape index (κ3) is 4.24. The summed E-state index contributed by atoms with van der Waals surface area (Å²) >= 11 is 0. The van der Waals surface area contributed by atoms with Crippen LogP contribution in [0.4, 0.5) is 5.69 Å². The largest absolute Gasteiger partial charge is 0.493 e. The zero-order chi connectivity index (χ0) is 19.1. The van der Waals surface area contributed by atoms with E-state index < -0.39 is 0 Å². The normalized spacial score (nSPS) is 10.0. The van der Waals surface area contributed by atoms with E-state index in [4.69, 9.17) is 14.2 Å². The summed E-state index contributed by atoms with van der Waals surface area (Å²) in [6.07, 6.45) is 0.0771. The Bertz CT molecular complexity index is 805. The number of anilines is 1. The monoisotopic (exact) mass is 358 g/mol. The maximum absolute atomic E-state index is 12.4. The molecule has 0 heterocycles. The molecule has 0 spiro atoms. The molecule has 0 radical (unpaired) electrons. The van der Waals surface area contributed by atoms with E-state index in [0.717, 1.165) is 0 Å². The topological polar surface area (TPSA) is 85.9 Å². The number of amides is 2. The SMILES string of the molecule is CNC(=O)c1cccc(NC(=O)Cc2ccc(OC)c(OC)c2OC)c1. The molecule has 7 nitrogen and oxygen atoms in total. The van der Waals surface area contributed by atoms with Gasteiger partial charge in [-0.05, 0) is 24.3 Å². The van der Waals surface area contributed by atoms with E-state index in [9.17, 15) is 9.59 Å². The van der Waals surface area contributed by atoms with E-state index in [1.807, 2.05) is 0 Å². The minimum absolute atomic E-state index is 0.0771. The van der Waals surface area contributed by atoms with Gasteiger partial charge >= 0.3 is 0 Å². The lowest BCUT2D eigenvalue weighted by molar-refractivity contribution is -0.115. The van der Waals surface area contributed by atoms with Gasteiger partial charge in [0.25, 0.3) is 5.91 Å². The molecule has 0 aromatic heterocycles. The Morgan fingerprint density at radius 3 is 2.31 bits per heavy atom. The van der Waals surface area contributed by atoms with Crippen LogP contribution in [0.15, 0.2) is 36.4 Å². The first-order valence-corrected chi connectivity index (χ1v) is 7.93. The average Bonchev–Trinajstić information content (AvgIpc) is 2.66. The predicted octanol–water partition coefficient (Wildman–Crippen LogP) is 2.25. The smallest absolute Gasteiger partial charge is 0.251 e. The highest BCUT2D eigenvalue weighted by Crippen LogP contribution is 2.39. The third-order valence-corrected chi connectivity index (χ3v) is 3.77. The molecule has 2 aromatic rings. The molecule has 138 valence electrons. The summed E-state index contributed by atoms with van der Waals surface area (Å²) in [5.74, 6) is 0.932. The van der Waals surface area contributed by atoms with E-state index in [1.165, 1.54) is 21.3 Å². The summed E-state index contributed by atoms with van der Waals surface area (Å²) < 4.78 is 16.0. The summed E-state index contributed by atoms with van der Waals surface area (Å²) in [7, 11) is 6.10. The molecule has 7 heteroatoms. The lowest BCUT2D eigenvalue weighted by atomic mass is 10.1. The lowest BCUT2D eigenvalue weighted by Crippen LogP contribution is -2.19. The minimum Gasteiger partial charge on any atom is -0.493 e. The van der Waals surface area contributed by atoms with E-state index in [2.05, 4.69) is 10.6 Å². The van der Waals surface area contributed by atoms with Gasteiger partial charge in [0.1, 0.15) is 0 Å². The number of hydrogen-bond donors (Lipinski definition) is 2. The number of ether oxygens (including phenoxy) is 3. The summed E-state index contributed by atoms with van der Waals surface area (Å²) in [4.78, 5) is 24.1. The number of carbonyl (C=O) groups is 2. The summed E-state index contributed by atoms with van der Waals surface area (Å²) in [6, 6.07) is 10.2. The molecule has 0 saturated carbocycles. The quantitative estimate of drug-likeness (QED) is 0.793. The van der Waals surface area contributed by atoms with E-state index in [0.29, 0.717) is 34.1 Å². The van der Waals surface area contributed by atoms with Crippen molar-refractivity contribution in [3.05, 3.63) is 47.5 Å². The van der Waals surface area contributed by atoms with E-state index in [1.54, 1.807) is 43.4 Å². The number of nitrogens with one attached hydrogen (secondary N) is 2. The van der Waals surface area contributed by atoms with Crippen LogP contribution in [-0.4, -0.2) is 40.2 Å². The van der Waals surface area contributed by atoms with Crippen molar-refractivity contribution >= 4 is 17.5 Å². The fraction of sp³-hybridized carbons (Fsp3) is 0.263. The molecule has 2 N–H and O–H groups in total. The molecule has 2 aromatic carbocycles. The van der Waals surface area contributed by atoms with Gasteiger partial charge in [-0.2, -0.15) is 0 Å². The van der Waals surface area contributed by atoms with Gasteiger partial charge in [0.05, 0.1) is 27.8 Å². The highest BCUT2D eigenvalue weighted by molar-refractivity contribution is 5.97. The predicted molar refractivity (Wildman–Crippen MR) is 98.3 cm³/mol. The standard InChI is InChI=1S/C19H22N2O5/c1-20-19(23)13-6-5-7-14(10-13)21-16(22)11-12-8-9-15(24-2)18(26-4)17(12)25-3/h5-10H,11H2,1-4H3,(H,20,23)(H,21,22). The van der Waals surface area contributed by atoms with Crippen LogP contribution in [0.2, 0.25) is 0 Å². The van der Waals surface area contributed by atoms with Crippen molar-refractivity contribution in [1.29, 1.82) is 0 Å². The molecule has 0 fully saturated rings. The molecule has 2 amide bonds. The number of carbonyl (C=O) groups excluding carboxylic acids is 2. The van der Waals surface area contributed by atoms with Crippen molar-refractivity contribution in [2.45, 2.75) is 6.42 Å². The molecule has 0 aliphatic heterocycles. The second-order valence-corrected chi connectivity index (χ2v) is 5.38. The Hall–Kier alpha value is -3.22. The maximum Gasteiger partial charge on any atom is 0.251 e. The summed E-state index contributed by atoms with van der Waals surface area (Å²) in [5, 5.41) is 5.33. The number of methoxy groups -OCH3 is 3. The first-order chi connectivity index (χ1) is 12.5. The van der Waals surface area contributed by atoms with Crippen molar-refractivity contribution in [2.24, 2.45) is 0 Å². The van der Waals surface area contributed by atoms with Gasteiger partial charge in [0.2, 0.25) is 11.7 Å². The molecular formula is C19H22N2O5. The highest BCUT2D eigenvalue weighted by Gasteiger charge is 2.18. The van der Waals surface area contributed by atoms with E-state index in [-0.39, 0.29) is 18.2 Å². The second kappa shape index (κ2) is 8.75. The van der Waals surface area contributed by atoms with Gasteiger partial charge in [-0.15, -0.1) is 0 Å². The third-order valence-electron chi connectivity index (χ3n) is 3.77. The Balaban J connectivity index is 2.19. The van der Waals surface area contributed by atoms with Crippen LogP contribution < -0.4 is 24.8 Å². The van der Waals surface area contributed by atoms with Crippen molar-refractivity contribution in [3.63, 3.8) is 0 Å². The van der Waals surface area contributed by atoms with Crippen molar-refractivity contribution in [3.8, 4) is 17.2 Å². The van der Waals surface area contributed by atoms with Crippen LogP contribution in [0.1, 0.15) is 15.9 Å². The first kappa shape index (κ1) is 19.1. The molecule has 26 heavy (non-hydrogen) atoms. The second-order valence-electron chi connectivity index (χ2n) is 5.38. The van der Waals surface area contributed by atoms with Gasteiger partial charge in [-0.25, -0.2) is 0 Å². The van der Waals surface area contributed by atoms with Crippen LogP contribution in [0, 0.1) is 0 Å². The molecule has 0 bridgehead atoms. The molecule has 0 saturated heterocycles. The molecule has 0 atom stereocenters. The van der Waals surface area contributed by atoms with Crippen molar-refractivity contribution < 1.29 is 23.8 Å². The zero-order valence-corrected chi connectivity index (χ0v) is 15.2. The fourth-order valence-corrected chi connectivity index (χ4v) is 2.56. The molecule has 0 aliphatic carbocycles. The van der Waals surface area contributed by atoms with Crippen LogP contribution in [0.5, 0.6) is 17.2 Å². The summed E-state index contributed by atoms with van der Waals surface area (Å²) in [5.41, 5.74) is 1.66. The molecule has 2 rings (SSSR count). The Morgan fingerprint density at radius 1 is 0.962 bits per heavy atom. The van der Waals surface area contributed by atoms with Gasteiger partial charge in [-0.3, -0.25) is 9.59 Å². The van der Waals surface area contributed by atoms with Crippen LogP contribution >= 0.6 is 0 Å². The van der Waals surface area contributed by atoms with Gasteiger partial charge in [0, 0.05) is 23.9 Å². The van der Waals surface area contributed by atoms with Crippen LogP contribution in [0.25, 0.3) is 0 Å². The Kier molecular flexibility index (Phi) is 6.43. The first-order valence-electron chi connectivity index (χ1n) is 7.93. The molecular weight excluding hydrogens is 336 g/mol. The van der Waals surface area contributed by atoms with Gasteiger partial charge in [0.15, 0.2) is 11.5 Å². The zero-order valence-electron chi connectivity index (χ0n) is 15.2. The number of rotatable bonds is 7. The number of benzene rings is 2.